The average Bonchev–Trinajstić information content (AvgIpc) is 1.94. The standard InChI is InChI=1S/C8H11NO3S.Na/c1-5-3-7(9)8(4-6(5)2)13(10,11)12;/h3-4H,9H2,1-2H3,(H,10,11,12);. The zero-order valence-electron chi connectivity index (χ0n) is 8.40. The second-order valence-electron chi connectivity index (χ2n) is 2.95. The molecule has 0 aliphatic carbocycles. The summed E-state index contributed by atoms with van der Waals surface area (Å²) >= 11 is 0. The van der Waals surface area contributed by atoms with Crippen LogP contribution >= 0.6 is 0 Å². The molecule has 0 bridgehead atoms. The fourth-order valence-electron chi connectivity index (χ4n) is 1.04. The summed E-state index contributed by atoms with van der Waals surface area (Å²) in [4.78, 5) is -0.226. The van der Waals surface area contributed by atoms with Crippen molar-refractivity contribution < 1.29 is 13.0 Å². The molecule has 3 N–H and O–H groups in total. The molecule has 0 atom stereocenters. The minimum atomic E-state index is -4.20. The Bertz CT molecular complexity index is 442. The Morgan fingerprint density at radius 1 is 1.21 bits per heavy atom. The SMILES string of the molecule is Cc1cc(N)c(S(=O)(=O)O)cc1C.[Na]. The molecule has 6 heteroatoms. The molecule has 0 amide bonds. The van der Waals surface area contributed by atoms with Gasteiger partial charge in [-0.3, -0.25) is 4.55 Å². The number of hydrogen-bond acceptors (Lipinski definition) is 3. The van der Waals surface area contributed by atoms with E-state index >= 15 is 0 Å². The van der Waals surface area contributed by atoms with Crippen LogP contribution in [0.5, 0.6) is 0 Å². The van der Waals surface area contributed by atoms with E-state index in [1.807, 2.05) is 6.92 Å². The summed E-state index contributed by atoms with van der Waals surface area (Å²) in [6.45, 7) is 3.57. The molecule has 0 unspecified atom stereocenters. The van der Waals surface area contributed by atoms with Gasteiger partial charge in [0.2, 0.25) is 0 Å². The molecule has 1 radical (unpaired) electrons. The van der Waals surface area contributed by atoms with Gasteiger partial charge >= 0.3 is 0 Å². The van der Waals surface area contributed by atoms with Crippen LogP contribution < -0.4 is 5.73 Å². The molecule has 1 rings (SSSR count). The molecule has 0 spiro atoms. The Kier molecular flexibility index (Phi) is 4.61. The van der Waals surface area contributed by atoms with Gasteiger partial charge in [-0.05, 0) is 37.1 Å². The van der Waals surface area contributed by atoms with Gasteiger partial charge in [-0.25, -0.2) is 0 Å². The van der Waals surface area contributed by atoms with Crippen LogP contribution in [0, 0.1) is 13.8 Å². The second kappa shape index (κ2) is 4.63. The molecule has 73 valence electrons. The summed E-state index contributed by atoms with van der Waals surface area (Å²) in [5.74, 6) is 0. The topological polar surface area (TPSA) is 80.4 Å². The Morgan fingerprint density at radius 2 is 1.64 bits per heavy atom. The summed E-state index contributed by atoms with van der Waals surface area (Å²) in [6, 6.07) is 2.89. The van der Waals surface area contributed by atoms with Crippen LogP contribution in [0.25, 0.3) is 0 Å². The number of hydrogen-bond donors (Lipinski definition) is 2. The predicted octanol–water partition coefficient (Wildman–Crippen LogP) is 0.752. The first-order valence-electron chi connectivity index (χ1n) is 3.66. The van der Waals surface area contributed by atoms with Gasteiger partial charge in [-0.1, -0.05) is 0 Å². The summed E-state index contributed by atoms with van der Waals surface area (Å²) < 4.78 is 30.4. The van der Waals surface area contributed by atoms with Crippen LogP contribution in [0.3, 0.4) is 0 Å². The van der Waals surface area contributed by atoms with Gasteiger partial charge in [0.25, 0.3) is 10.1 Å². The normalized spacial score (nSPS) is 10.8. The van der Waals surface area contributed by atoms with Crippen molar-refractivity contribution in [2.75, 3.05) is 5.73 Å². The van der Waals surface area contributed by atoms with Gasteiger partial charge in [-0.15, -0.1) is 0 Å². The number of anilines is 1. The van der Waals surface area contributed by atoms with Gasteiger partial charge in [0.15, 0.2) is 0 Å². The minimum absolute atomic E-state index is 0. The van der Waals surface area contributed by atoms with Crippen LogP contribution in [0.4, 0.5) is 5.69 Å². The van der Waals surface area contributed by atoms with Crippen molar-refractivity contribution in [3.63, 3.8) is 0 Å². The van der Waals surface area contributed by atoms with E-state index in [9.17, 15) is 8.42 Å². The van der Waals surface area contributed by atoms with Crippen LogP contribution in [0.2, 0.25) is 0 Å². The zero-order valence-corrected chi connectivity index (χ0v) is 11.2. The Hall–Kier alpha value is -0.0700. The summed E-state index contributed by atoms with van der Waals surface area (Å²) in [5, 5.41) is 0. The van der Waals surface area contributed by atoms with Crippen molar-refractivity contribution >= 4 is 45.4 Å². The molecule has 0 saturated carbocycles. The Labute approximate surface area is 106 Å². The van der Waals surface area contributed by atoms with Crippen LogP contribution in [-0.2, 0) is 10.1 Å². The molecule has 0 fully saturated rings. The number of aryl methyl sites for hydroxylation is 2. The van der Waals surface area contributed by atoms with E-state index in [2.05, 4.69) is 0 Å². The van der Waals surface area contributed by atoms with E-state index in [-0.39, 0.29) is 40.1 Å². The van der Waals surface area contributed by atoms with E-state index in [4.69, 9.17) is 10.3 Å². The van der Waals surface area contributed by atoms with Crippen molar-refractivity contribution in [1.29, 1.82) is 0 Å². The van der Waals surface area contributed by atoms with E-state index in [0.717, 1.165) is 11.1 Å². The molecule has 0 aliphatic rings. The number of benzene rings is 1. The first kappa shape index (κ1) is 13.9. The van der Waals surface area contributed by atoms with Crippen molar-refractivity contribution in [3.8, 4) is 0 Å². The van der Waals surface area contributed by atoms with Gasteiger partial charge in [0.1, 0.15) is 4.90 Å². The number of nitrogens with two attached hydrogens (primary N) is 1. The maximum absolute atomic E-state index is 10.8. The third-order valence-electron chi connectivity index (χ3n) is 1.90. The number of rotatable bonds is 1. The van der Waals surface area contributed by atoms with Crippen LogP contribution in [0.1, 0.15) is 11.1 Å². The van der Waals surface area contributed by atoms with Crippen LogP contribution in [0.15, 0.2) is 17.0 Å². The third-order valence-corrected chi connectivity index (χ3v) is 2.81. The summed E-state index contributed by atoms with van der Waals surface area (Å²) in [7, 11) is -4.20. The Morgan fingerprint density at radius 3 is 2.07 bits per heavy atom. The van der Waals surface area contributed by atoms with Gasteiger partial charge in [0, 0.05) is 29.6 Å². The second-order valence-corrected chi connectivity index (χ2v) is 4.34. The fourth-order valence-corrected chi connectivity index (χ4v) is 1.72. The first-order valence-corrected chi connectivity index (χ1v) is 5.10. The van der Waals surface area contributed by atoms with Gasteiger partial charge < -0.3 is 5.73 Å². The fraction of sp³-hybridized carbons (Fsp3) is 0.250. The third kappa shape index (κ3) is 2.96. The molecule has 0 aliphatic heterocycles. The van der Waals surface area contributed by atoms with Crippen molar-refractivity contribution in [3.05, 3.63) is 23.3 Å². The monoisotopic (exact) mass is 224 g/mol. The van der Waals surface area contributed by atoms with E-state index in [1.165, 1.54) is 12.1 Å². The molecule has 1 aromatic carbocycles. The van der Waals surface area contributed by atoms with E-state index in [1.54, 1.807) is 6.92 Å². The smallest absolute Gasteiger partial charge is 0.296 e. The van der Waals surface area contributed by atoms with Crippen molar-refractivity contribution in [2.24, 2.45) is 0 Å². The van der Waals surface area contributed by atoms with Gasteiger partial charge in [0.05, 0.1) is 5.69 Å². The molecule has 14 heavy (non-hydrogen) atoms. The summed E-state index contributed by atoms with van der Waals surface area (Å²) in [5.41, 5.74) is 7.18. The first-order chi connectivity index (χ1) is 5.82. The molecule has 4 nitrogen and oxygen atoms in total. The van der Waals surface area contributed by atoms with Crippen LogP contribution in [-0.4, -0.2) is 42.5 Å². The summed E-state index contributed by atoms with van der Waals surface area (Å²) in [6.07, 6.45) is 0. The molecule has 1 aromatic rings. The number of nitrogen functional groups attached to an aromatic ring is 1. The zero-order chi connectivity index (χ0) is 10.2. The molecule has 0 saturated heterocycles. The largest absolute Gasteiger partial charge is 0.398 e. The quantitative estimate of drug-likeness (QED) is 0.419. The van der Waals surface area contributed by atoms with E-state index in [0.29, 0.717) is 0 Å². The van der Waals surface area contributed by atoms with Crippen molar-refractivity contribution in [2.45, 2.75) is 18.7 Å². The molecule has 0 aromatic heterocycles. The maximum atomic E-state index is 10.8. The minimum Gasteiger partial charge on any atom is -0.398 e. The maximum Gasteiger partial charge on any atom is 0.296 e. The molecule has 0 heterocycles. The van der Waals surface area contributed by atoms with Crippen molar-refractivity contribution in [1.82, 2.24) is 0 Å². The Balaban J connectivity index is 0.00000169. The average molecular weight is 224 g/mol. The molecular weight excluding hydrogens is 213 g/mol. The molecular formula is C8H11NNaO3S. The van der Waals surface area contributed by atoms with Gasteiger partial charge in [-0.2, -0.15) is 8.42 Å². The predicted molar refractivity (Wildman–Crippen MR) is 55.9 cm³/mol. The van der Waals surface area contributed by atoms with E-state index < -0.39 is 10.1 Å².